The van der Waals surface area contributed by atoms with Crippen LogP contribution >= 0.6 is 0 Å². The Morgan fingerprint density at radius 2 is 1.18 bits per heavy atom. The van der Waals surface area contributed by atoms with Crippen LogP contribution in [0.25, 0.3) is 21.9 Å². The van der Waals surface area contributed by atoms with E-state index in [1.165, 1.54) is 27.5 Å². The number of pyridine rings is 1. The summed E-state index contributed by atoms with van der Waals surface area (Å²) in [7, 11) is 0. The summed E-state index contributed by atoms with van der Waals surface area (Å²) in [6.07, 6.45) is 3.68. The first-order chi connectivity index (χ1) is 15.3. The van der Waals surface area contributed by atoms with E-state index in [4.69, 9.17) is 25.5 Å². The summed E-state index contributed by atoms with van der Waals surface area (Å²) in [6, 6.07) is 28.9. The molecule has 173 valence electrons. The summed E-state index contributed by atoms with van der Waals surface area (Å²) < 4.78 is 0. The van der Waals surface area contributed by atoms with Gasteiger partial charge in [0.25, 0.3) is 0 Å². The van der Waals surface area contributed by atoms with Crippen molar-refractivity contribution in [1.29, 1.82) is 0 Å². The van der Waals surface area contributed by atoms with Crippen molar-refractivity contribution in [2.75, 3.05) is 0 Å². The molecule has 0 atom stereocenters. The molecule has 0 saturated heterocycles. The Kier molecular flexibility index (Phi) is 15.3. The fraction of sp³-hybridized carbons (Fsp3) is 0.115. The smallest absolute Gasteiger partial charge is 0.550 e. The van der Waals surface area contributed by atoms with Crippen LogP contribution in [0.1, 0.15) is 19.4 Å². The van der Waals surface area contributed by atoms with Gasteiger partial charge in [0.1, 0.15) is 0 Å². The summed E-state index contributed by atoms with van der Waals surface area (Å²) in [6.45, 7) is 2.55. The minimum absolute atomic E-state index is 0. The van der Waals surface area contributed by atoms with Crippen molar-refractivity contribution >= 4 is 22.7 Å². The van der Waals surface area contributed by atoms with Crippen LogP contribution in [0, 0.1) is 0 Å². The molecule has 0 spiro atoms. The molecule has 0 unspecified atom stereocenters. The Morgan fingerprint density at radius 3 is 1.67 bits per heavy atom. The van der Waals surface area contributed by atoms with E-state index in [1.807, 2.05) is 48.8 Å². The molecule has 0 fully saturated rings. The van der Waals surface area contributed by atoms with Gasteiger partial charge in [-0.3, -0.25) is 4.98 Å². The van der Waals surface area contributed by atoms with Gasteiger partial charge in [0.05, 0.1) is 0 Å². The average molecular weight is 489 g/mol. The second-order valence-electron chi connectivity index (χ2n) is 6.47. The number of carboxylic acid groups (broad SMARTS) is 2. The fourth-order valence-corrected chi connectivity index (χ4v) is 2.49. The first-order valence-electron chi connectivity index (χ1n) is 9.81. The number of fused-ring (bicyclic) bond motifs is 1. The van der Waals surface area contributed by atoms with Gasteiger partial charge in [-0.15, -0.1) is 0 Å². The molecular weight excluding hydrogens is 463 g/mol. The summed E-state index contributed by atoms with van der Waals surface area (Å²) in [5, 5.41) is 20.2. The van der Waals surface area contributed by atoms with Crippen molar-refractivity contribution in [3.05, 3.63) is 103 Å². The van der Waals surface area contributed by atoms with E-state index >= 15 is 0 Å². The van der Waals surface area contributed by atoms with Crippen LogP contribution in [0.15, 0.2) is 97.3 Å². The van der Waals surface area contributed by atoms with Gasteiger partial charge in [0.15, 0.2) is 0 Å². The third-order valence-electron chi connectivity index (χ3n) is 3.85. The summed E-state index contributed by atoms with van der Waals surface area (Å²) in [5.41, 5.74) is 9.19. The Balaban J connectivity index is 0.000000472. The molecule has 6 nitrogen and oxygen atoms in total. The number of aliphatic carboxylic acids is 2. The Labute approximate surface area is 204 Å². The largest absolute Gasteiger partial charge is 2.00 e. The minimum atomic E-state index is -1.08. The zero-order valence-electron chi connectivity index (χ0n) is 18.4. The molecule has 0 saturated carbocycles. The van der Waals surface area contributed by atoms with Crippen molar-refractivity contribution < 1.29 is 36.6 Å². The second kappa shape index (κ2) is 17.1. The molecule has 1 aromatic heterocycles. The summed E-state index contributed by atoms with van der Waals surface area (Å²) in [5.74, 6) is -2.17. The Morgan fingerprint density at radius 1 is 0.727 bits per heavy atom. The number of carbonyl (C=O) groups excluding carboxylic acids is 2. The van der Waals surface area contributed by atoms with Crippen LogP contribution in [0.4, 0.5) is 0 Å². The number of hydrogen-bond acceptors (Lipinski definition) is 6. The molecule has 4 rings (SSSR count). The molecule has 3 aromatic carbocycles. The average Bonchev–Trinajstić information content (AvgIpc) is 2.79. The number of benzene rings is 3. The maximum absolute atomic E-state index is 8.89. The van der Waals surface area contributed by atoms with Crippen LogP contribution in [-0.4, -0.2) is 16.9 Å². The molecule has 7 heteroatoms. The number of nitrogens with zero attached hydrogens (tertiary/aromatic N) is 1. The van der Waals surface area contributed by atoms with E-state index in [0.717, 1.165) is 13.8 Å². The molecule has 0 aliphatic carbocycles. The molecular formula is C26H26CoN2O4. The third-order valence-corrected chi connectivity index (χ3v) is 3.85. The number of carbonyl (C=O) groups is 2. The Hall–Kier alpha value is -3.52. The van der Waals surface area contributed by atoms with Crippen molar-refractivity contribution in [1.82, 2.24) is 4.98 Å². The van der Waals surface area contributed by atoms with Crippen LogP contribution in [0.3, 0.4) is 0 Å². The van der Waals surface area contributed by atoms with E-state index < -0.39 is 11.9 Å². The molecule has 0 amide bonds. The maximum Gasteiger partial charge on any atom is 2.00 e. The van der Waals surface area contributed by atoms with Gasteiger partial charge >= 0.3 is 16.8 Å². The van der Waals surface area contributed by atoms with Gasteiger partial charge in [-0.2, -0.15) is 0 Å². The number of nitrogens with two attached hydrogens (primary N) is 1. The van der Waals surface area contributed by atoms with E-state index in [0.29, 0.717) is 6.54 Å². The standard InChI is InChI=1S/C13H13N.C9H7N.2C2H4O2.Co/c14-10-11-6-8-13(9-7-11)12-4-2-1-3-5-12;1-2-4-9-7-10-6-5-8(9)3-1;2*1-2(3)4;/h1-9H,10,14H2;1-7H;2*1H3,(H,3,4);/q;;;;+2/p-2. The molecule has 1 radical (unpaired) electrons. The van der Waals surface area contributed by atoms with Crippen molar-refractivity contribution in [2.24, 2.45) is 5.73 Å². The van der Waals surface area contributed by atoms with Gasteiger partial charge in [0, 0.05) is 30.9 Å². The van der Waals surface area contributed by atoms with Crippen molar-refractivity contribution in [2.45, 2.75) is 20.4 Å². The van der Waals surface area contributed by atoms with Crippen LogP contribution in [0.5, 0.6) is 0 Å². The van der Waals surface area contributed by atoms with E-state index in [2.05, 4.69) is 53.5 Å². The predicted octanol–water partition coefficient (Wildman–Crippen LogP) is 2.56. The van der Waals surface area contributed by atoms with Gasteiger partial charge in [-0.1, -0.05) is 78.9 Å². The number of carboxylic acids is 2. The first kappa shape index (κ1) is 29.5. The van der Waals surface area contributed by atoms with Crippen molar-refractivity contribution in [3.63, 3.8) is 0 Å². The maximum atomic E-state index is 8.89. The topological polar surface area (TPSA) is 119 Å². The molecule has 0 aliphatic rings. The normalized spacial score (nSPS) is 8.82. The number of hydrogen-bond donors (Lipinski definition) is 1. The zero-order valence-corrected chi connectivity index (χ0v) is 19.5. The molecule has 33 heavy (non-hydrogen) atoms. The van der Waals surface area contributed by atoms with Crippen LogP contribution in [-0.2, 0) is 32.9 Å². The monoisotopic (exact) mass is 489 g/mol. The zero-order chi connectivity index (χ0) is 23.8. The fourth-order valence-electron chi connectivity index (χ4n) is 2.49. The molecule has 2 N–H and O–H groups in total. The molecule has 4 aromatic rings. The summed E-state index contributed by atoms with van der Waals surface area (Å²) >= 11 is 0. The van der Waals surface area contributed by atoms with Gasteiger partial charge < -0.3 is 25.5 Å². The second-order valence-corrected chi connectivity index (χ2v) is 6.47. The summed E-state index contributed by atoms with van der Waals surface area (Å²) in [4.78, 5) is 21.8. The van der Waals surface area contributed by atoms with Gasteiger partial charge in [-0.05, 0) is 47.4 Å². The van der Waals surface area contributed by atoms with Crippen LogP contribution in [0.2, 0.25) is 0 Å². The quantitative estimate of drug-likeness (QED) is 0.462. The SMILES string of the molecule is CC(=O)[O-].CC(=O)[O-].NCc1ccc(-c2ccccc2)cc1.[Co+2].c1ccc2cnccc2c1. The predicted molar refractivity (Wildman–Crippen MR) is 123 cm³/mol. The van der Waals surface area contributed by atoms with Gasteiger partial charge in [0.2, 0.25) is 0 Å². The minimum Gasteiger partial charge on any atom is -0.550 e. The molecule has 0 bridgehead atoms. The van der Waals surface area contributed by atoms with E-state index in [-0.39, 0.29) is 16.8 Å². The van der Waals surface area contributed by atoms with E-state index in [9.17, 15) is 0 Å². The number of aromatic nitrogens is 1. The van der Waals surface area contributed by atoms with E-state index in [1.54, 1.807) is 0 Å². The van der Waals surface area contributed by atoms with Crippen LogP contribution < -0.4 is 15.9 Å². The Bertz CT molecular complexity index is 1000. The molecule has 1 heterocycles. The molecule has 0 aliphatic heterocycles. The number of rotatable bonds is 2. The van der Waals surface area contributed by atoms with Gasteiger partial charge in [-0.25, -0.2) is 0 Å². The first-order valence-corrected chi connectivity index (χ1v) is 9.81. The third kappa shape index (κ3) is 13.5. The van der Waals surface area contributed by atoms with Crippen molar-refractivity contribution in [3.8, 4) is 11.1 Å².